The maximum absolute atomic E-state index is 13.9. The molecule has 0 radical (unpaired) electrons. The molecule has 0 atom stereocenters. The largest absolute Gasteiger partial charge is 0.206 e. The maximum atomic E-state index is 13.9. The smallest absolute Gasteiger partial charge is 0.132 e. The minimum atomic E-state index is -0.603. The first-order valence-corrected chi connectivity index (χ1v) is 6.94. The highest BCUT2D eigenvalue weighted by atomic mass is 79.9. The molecule has 0 nitrogen and oxygen atoms in total. The number of fused-ring (bicyclic) bond motifs is 2. The SMILES string of the molecule is Fc1cccc2c(Br)c3c(F)ccc(F)c3c(Br)c12. The highest BCUT2D eigenvalue weighted by Crippen LogP contribution is 2.42. The third-order valence-electron chi connectivity index (χ3n) is 3.01. The molecule has 0 saturated carbocycles. The summed E-state index contributed by atoms with van der Waals surface area (Å²) < 4.78 is 42.3. The van der Waals surface area contributed by atoms with Crippen molar-refractivity contribution in [3.05, 3.63) is 56.7 Å². The van der Waals surface area contributed by atoms with E-state index in [0.29, 0.717) is 9.86 Å². The van der Waals surface area contributed by atoms with Gasteiger partial charge in [0.25, 0.3) is 0 Å². The molecule has 19 heavy (non-hydrogen) atoms. The molecular weight excluding hydrogens is 385 g/mol. The van der Waals surface area contributed by atoms with Crippen molar-refractivity contribution in [1.29, 1.82) is 0 Å². The zero-order chi connectivity index (χ0) is 13.7. The highest BCUT2D eigenvalue weighted by molar-refractivity contribution is 9.11. The van der Waals surface area contributed by atoms with E-state index in [1.807, 2.05) is 0 Å². The van der Waals surface area contributed by atoms with Gasteiger partial charge < -0.3 is 0 Å². The molecule has 0 aliphatic rings. The molecule has 0 amide bonds. The Morgan fingerprint density at radius 2 is 1.16 bits per heavy atom. The number of hydrogen-bond acceptors (Lipinski definition) is 0. The number of rotatable bonds is 0. The summed E-state index contributed by atoms with van der Waals surface area (Å²) in [4.78, 5) is 0. The molecule has 0 aliphatic heterocycles. The fraction of sp³-hybridized carbons (Fsp3) is 0. The van der Waals surface area contributed by atoms with E-state index in [1.54, 1.807) is 6.07 Å². The summed E-state index contributed by atoms with van der Waals surface area (Å²) in [6.07, 6.45) is 0. The van der Waals surface area contributed by atoms with Crippen LogP contribution in [0.25, 0.3) is 21.5 Å². The van der Waals surface area contributed by atoms with Crippen LogP contribution in [0.3, 0.4) is 0 Å². The third kappa shape index (κ3) is 1.79. The van der Waals surface area contributed by atoms with Crippen molar-refractivity contribution in [1.82, 2.24) is 0 Å². The van der Waals surface area contributed by atoms with Crippen molar-refractivity contribution < 1.29 is 13.2 Å². The van der Waals surface area contributed by atoms with Crippen molar-refractivity contribution in [3.8, 4) is 0 Å². The summed E-state index contributed by atoms with van der Waals surface area (Å²) in [5, 5.41) is 0.852. The Morgan fingerprint density at radius 3 is 1.79 bits per heavy atom. The van der Waals surface area contributed by atoms with Gasteiger partial charge in [-0.25, -0.2) is 13.2 Å². The summed E-state index contributed by atoms with van der Waals surface area (Å²) in [6, 6.07) is 6.54. The molecule has 0 aromatic heterocycles. The van der Waals surface area contributed by atoms with Crippen LogP contribution < -0.4 is 0 Å². The fourth-order valence-corrected chi connectivity index (χ4v) is 3.68. The van der Waals surface area contributed by atoms with E-state index in [2.05, 4.69) is 31.9 Å². The van der Waals surface area contributed by atoms with Crippen molar-refractivity contribution in [2.45, 2.75) is 0 Å². The normalized spacial score (nSPS) is 11.4. The summed E-state index contributed by atoms with van der Waals surface area (Å²) in [5.74, 6) is -1.65. The first-order valence-electron chi connectivity index (χ1n) is 5.35. The zero-order valence-corrected chi connectivity index (χ0v) is 12.4. The van der Waals surface area contributed by atoms with Gasteiger partial charge >= 0.3 is 0 Å². The Hall–Kier alpha value is -1.07. The van der Waals surface area contributed by atoms with Gasteiger partial charge in [-0.3, -0.25) is 0 Å². The second-order valence-corrected chi connectivity index (χ2v) is 5.66. The molecular formula is C14H5Br2F3. The second-order valence-electron chi connectivity index (χ2n) is 4.07. The lowest BCUT2D eigenvalue weighted by Crippen LogP contribution is -1.91. The van der Waals surface area contributed by atoms with Gasteiger partial charge in [0.15, 0.2) is 0 Å². The van der Waals surface area contributed by atoms with E-state index in [1.165, 1.54) is 12.1 Å². The van der Waals surface area contributed by atoms with Gasteiger partial charge in [-0.1, -0.05) is 12.1 Å². The lowest BCUT2D eigenvalue weighted by atomic mass is 10.0. The molecule has 3 rings (SSSR count). The molecule has 5 heteroatoms. The molecule has 0 heterocycles. The first-order chi connectivity index (χ1) is 9.02. The molecule has 0 spiro atoms. The van der Waals surface area contributed by atoms with Crippen molar-refractivity contribution in [2.75, 3.05) is 0 Å². The lowest BCUT2D eigenvalue weighted by Gasteiger charge is -2.11. The fourth-order valence-electron chi connectivity index (χ4n) is 2.17. The van der Waals surface area contributed by atoms with Crippen LogP contribution in [0.1, 0.15) is 0 Å². The van der Waals surface area contributed by atoms with E-state index < -0.39 is 17.5 Å². The molecule has 0 N–H and O–H groups in total. The average Bonchev–Trinajstić information content (AvgIpc) is 2.38. The Balaban J connectivity index is 2.74. The third-order valence-corrected chi connectivity index (χ3v) is 4.63. The van der Waals surface area contributed by atoms with Crippen molar-refractivity contribution >= 4 is 53.4 Å². The second kappa shape index (κ2) is 4.49. The van der Waals surface area contributed by atoms with Crippen molar-refractivity contribution in [3.63, 3.8) is 0 Å². The molecule has 0 unspecified atom stereocenters. The quantitative estimate of drug-likeness (QED) is 0.417. The molecule has 0 aliphatic carbocycles. The van der Waals surface area contributed by atoms with Crippen LogP contribution in [-0.4, -0.2) is 0 Å². The molecule has 0 fully saturated rings. The predicted molar refractivity (Wildman–Crippen MR) is 76.7 cm³/mol. The van der Waals surface area contributed by atoms with Gasteiger partial charge in [0.1, 0.15) is 17.5 Å². The lowest BCUT2D eigenvalue weighted by molar-refractivity contribution is 0.617. The van der Waals surface area contributed by atoms with E-state index in [4.69, 9.17) is 0 Å². The number of benzene rings is 3. The minimum absolute atomic E-state index is 0.0319. The van der Waals surface area contributed by atoms with Crippen LogP contribution in [0, 0.1) is 17.5 Å². The van der Waals surface area contributed by atoms with E-state index >= 15 is 0 Å². The molecule has 3 aromatic carbocycles. The number of halogens is 5. The van der Waals surface area contributed by atoms with Gasteiger partial charge in [-0.15, -0.1) is 0 Å². The summed E-state index contributed by atoms with van der Waals surface area (Å²) in [6.45, 7) is 0. The van der Waals surface area contributed by atoms with Crippen LogP contribution in [-0.2, 0) is 0 Å². The topological polar surface area (TPSA) is 0 Å². The van der Waals surface area contributed by atoms with Crippen molar-refractivity contribution in [2.24, 2.45) is 0 Å². The van der Waals surface area contributed by atoms with Gasteiger partial charge in [-0.05, 0) is 50.1 Å². The minimum Gasteiger partial charge on any atom is -0.206 e. The van der Waals surface area contributed by atoms with E-state index in [0.717, 1.165) is 12.1 Å². The summed E-state index contributed by atoms with van der Waals surface area (Å²) in [5.41, 5.74) is 0. The van der Waals surface area contributed by atoms with Crippen LogP contribution in [0.5, 0.6) is 0 Å². The van der Waals surface area contributed by atoms with E-state index in [-0.39, 0.29) is 20.6 Å². The molecule has 0 saturated heterocycles. The first kappa shape index (κ1) is 12.9. The maximum Gasteiger partial charge on any atom is 0.132 e. The van der Waals surface area contributed by atoms with E-state index in [9.17, 15) is 13.2 Å². The van der Waals surface area contributed by atoms with Crippen LogP contribution in [0.4, 0.5) is 13.2 Å². The standard InChI is InChI=1S/C14H5Br2F3/c15-13-6-2-1-3-7(17)10(6)14(16)12-9(19)5-4-8(18)11(12)13/h1-5H. The molecule has 3 aromatic rings. The number of hydrogen-bond donors (Lipinski definition) is 0. The Morgan fingerprint density at radius 1 is 0.632 bits per heavy atom. The van der Waals surface area contributed by atoms with Crippen LogP contribution >= 0.6 is 31.9 Å². The van der Waals surface area contributed by atoms with Crippen LogP contribution in [0.2, 0.25) is 0 Å². The van der Waals surface area contributed by atoms with Gasteiger partial charge in [-0.2, -0.15) is 0 Å². The average molecular weight is 390 g/mol. The Bertz CT molecular complexity index is 828. The monoisotopic (exact) mass is 388 g/mol. The van der Waals surface area contributed by atoms with Crippen LogP contribution in [0.15, 0.2) is 39.3 Å². The predicted octanol–water partition coefficient (Wildman–Crippen LogP) is 5.94. The molecule has 96 valence electrons. The Labute approximate surface area is 123 Å². The summed E-state index contributed by atoms with van der Waals surface area (Å²) in [7, 11) is 0. The Kier molecular flexibility index (Phi) is 3.06. The van der Waals surface area contributed by atoms with Gasteiger partial charge in [0.2, 0.25) is 0 Å². The van der Waals surface area contributed by atoms with Gasteiger partial charge in [0.05, 0.1) is 0 Å². The summed E-state index contributed by atoms with van der Waals surface area (Å²) >= 11 is 6.43. The van der Waals surface area contributed by atoms with Gasteiger partial charge in [0, 0.05) is 30.5 Å². The molecule has 0 bridgehead atoms. The zero-order valence-electron chi connectivity index (χ0n) is 9.28. The highest BCUT2D eigenvalue weighted by Gasteiger charge is 2.19.